The Morgan fingerprint density at radius 1 is 1.11 bits per heavy atom. The van der Waals surface area contributed by atoms with Crippen LogP contribution in [-0.4, -0.2) is 21.9 Å². The van der Waals surface area contributed by atoms with E-state index < -0.39 is 16.8 Å². The Balaban J connectivity index is 1.77. The zero-order valence-corrected chi connectivity index (χ0v) is 20.9. The molecule has 0 radical (unpaired) electrons. The number of nitriles is 1. The number of nitrogens with one attached hydrogen (secondary N) is 1. The fraction of sp³-hybridized carbons (Fsp3) is 0.0417. The first-order valence-electron chi connectivity index (χ1n) is 9.79. The van der Waals surface area contributed by atoms with Gasteiger partial charge in [0.25, 0.3) is 11.6 Å². The molecule has 0 spiro atoms. The van der Waals surface area contributed by atoms with Crippen molar-refractivity contribution in [1.29, 1.82) is 5.26 Å². The molecule has 9 nitrogen and oxygen atoms in total. The second kappa shape index (κ2) is 11.4. The predicted molar refractivity (Wildman–Crippen MR) is 135 cm³/mol. The minimum Gasteiger partial charge on any atom is -0.487 e. The SMILES string of the molecule is N#C/C(=C/c1cc(Br)c(OCc2cccc([N+](=O)[O-])c2)c(Br)c1)C(=O)Nc1cccc(C(=O)O)c1. The van der Waals surface area contributed by atoms with E-state index in [9.17, 15) is 25.0 Å². The van der Waals surface area contributed by atoms with Crippen LogP contribution in [-0.2, 0) is 11.4 Å². The summed E-state index contributed by atoms with van der Waals surface area (Å²) in [5.74, 6) is -1.41. The highest BCUT2D eigenvalue weighted by Gasteiger charge is 2.14. The van der Waals surface area contributed by atoms with Gasteiger partial charge >= 0.3 is 5.97 Å². The highest BCUT2D eigenvalue weighted by Crippen LogP contribution is 2.36. The standard InChI is InChI=1S/C24H15Br2N3O6/c25-20-9-15(7-17(12-27)23(30)28-18-5-2-4-16(11-18)24(31)32)10-21(26)22(20)35-13-14-3-1-6-19(8-14)29(33)34/h1-11H,13H2,(H,28,30)(H,31,32)/b17-7-. The lowest BCUT2D eigenvalue weighted by Gasteiger charge is -2.12. The Labute approximate surface area is 216 Å². The lowest BCUT2D eigenvalue weighted by Crippen LogP contribution is -2.14. The van der Waals surface area contributed by atoms with Crippen molar-refractivity contribution in [1.82, 2.24) is 0 Å². The van der Waals surface area contributed by atoms with E-state index >= 15 is 0 Å². The van der Waals surface area contributed by atoms with Gasteiger partial charge in [-0.25, -0.2) is 4.79 Å². The zero-order valence-electron chi connectivity index (χ0n) is 17.7. The average Bonchev–Trinajstić information content (AvgIpc) is 2.82. The van der Waals surface area contributed by atoms with E-state index in [-0.39, 0.29) is 29.1 Å². The maximum atomic E-state index is 12.6. The van der Waals surface area contributed by atoms with Crippen molar-refractivity contribution in [3.8, 4) is 11.8 Å². The number of hydrogen-bond donors (Lipinski definition) is 2. The van der Waals surface area contributed by atoms with Crippen LogP contribution < -0.4 is 10.1 Å². The minimum atomic E-state index is -1.14. The molecule has 0 saturated heterocycles. The Bertz CT molecular complexity index is 1370. The zero-order chi connectivity index (χ0) is 25.5. The molecule has 0 unspecified atom stereocenters. The molecule has 0 aliphatic heterocycles. The van der Waals surface area contributed by atoms with E-state index in [4.69, 9.17) is 9.84 Å². The number of carboxylic acid groups (broad SMARTS) is 1. The number of nitrogens with zero attached hydrogens (tertiary/aromatic N) is 2. The largest absolute Gasteiger partial charge is 0.487 e. The number of amides is 1. The third-order valence-corrected chi connectivity index (χ3v) is 5.75. The number of halogens is 2. The minimum absolute atomic E-state index is 0.00107. The fourth-order valence-electron chi connectivity index (χ4n) is 2.96. The normalized spacial score (nSPS) is 10.8. The molecule has 0 aromatic heterocycles. The first-order valence-corrected chi connectivity index (χ1v) is 11.4. The summed E-state index contributed by atoms with van der Waals surface area (Å²) < 4.78 is 6.85. The molecule has 0 bridgehead atoms. The molecule has 0 fully saturated rings. The van der Waals surface area contributed by atoms with Gasteiger partial charge in [0.1, 0.15) is 24.0 Å². The molecule has 3 rings (SSSR count). The molecule has 176 valence electrons. The molecule has 0 aliphatic carbocycles. The number of anilines is 1. The van der Waals surface area contributed by atoms with E-state index in [1.165, 1.54) is 42.5 Å². The van der Waals surface area contributed by atoms with Gasteiger partial charge in [0, 0.05) is 17.8 Å². The van der Waals surface area contributed by atoms with Gasteiger partial charge < -0.3 is 15.2 Å². The first-order chi connectivity index (χ1) is 16.7. The Morgan fingerprint density at radius 2 is 1.80 bits per heavy atom. The third-order valence-electron chi connectivity index (χ3n) is 4.57. The summed E-state index contributed by atoms with van der Waals surface area (Å²) >= 11 is 6.80. The molecule has 1 amide bonds. The lowest BCUT2D eigenvalue weighted by molar-refractivity contribution is -0.384. The van der Waals surface area contributed by atoms with Crippen LogP contribution in [0.2, 0.25) is 0 Å². The van der Waals surface area contributed by atoms with Crippen LogP contribution >= 0.6 is 31.9 Å². The van der Waals surface area contributed by atoms with Crippen molar-refractivity contribution < 1.29 is 24.4 Å². The second-order valence-electron chi connectivity index (χ2n) is 7.04. The first kappa shape index (κ1) is 25.6. The van der Waals surface area contributed by atoms with Gasteiger partial charge in [0.05, 0.1) is 19.4 Å². The molecular weight excluding hydrogens is 586 g/mol. The number of carbonyl (C=O) groups excluding carboxylic acids is 1. The van der Waals surface area contributed by atoms with E-state index in [0.29, 0.717) is 25.8 Å². The van der Waals surface area contributed by atoms with Crippen LogP contribution in [0.3, 0.4) is 0 Å². The van der Waals surface area contributed by atoms with Gasteiger partial charge in [-0.2, -0.15) is 5.26 Å². The van der Waals surface area contributed by atoms with Crippen molar-refractivity contribution >= 4 is 61.2 Å². The predicted octanol–water partition coefficient (Wildman–Crippen LogP) is 5.94. The van der Waals surface area contributed by atoms with Gasteiger partial charge in [0.15, 0.2) is 0 Å². The molecule has 2 N–H and O–H groups in total. The number of carbonyl (C=O) groups is 2. The van der Waals surface area contributed by atoms with Crippen LogP contribution in [0.15, 0.2) is 75.2 Å². The van der Waals surface area contributed by atoms with Gasteiger partial charge in [-0.15, -0.1) is 0 Å². The molecule has 0 saturated carbocycles. The number of hydrogen-bond acceptors (Lipinski definition) is 6. The number of carboxylic acids is 1. The van der Waals surface area contributed by atoms with Crippen molar-refractivity contribution in [2.45, 2.75) is 6.61 Å². The second-order valence-corrected chi connectivity index (χ2v) is 8.75. The van der Waals surface area contributed by atoms with Crippen LogP contribution in [0.5, 0.6) is 5.75 Å². The average molecular weight is 601 g/mol. The number of ether oxygens (including phenoxy) is 1. The van der Waals surface area contributed by atoms with E-state index in [2.05, 4.69) is 37.2 Å². The van der Waals surface area contributed by atoms with Crippen molar-refractivity contribution in [2.75, 3.05) is 5.32 Å². The summed E-state index contributed by atoms with van der Waals surface area (Å²) in [6.45, 7) is 0.0787. The summed E-state index contributed by atoms with van der Waals surface area (Å²) in [5, 5.41) is 32.0. The summed E-state index contributed by atoms with van der Waals surface area (Å²) in [6, 6.07) is 16.9. The Hall–Kier alpha value is -4.01. The number of rotatable bonds is 8. The molecular formula is C24H15Br2N3O6. The molecule has 11 heteroatoms. The Kier molecular flexibility index (Phi) is 8.35. The molecule has 3 aromatic carbocycles. The molecule has 3 aromatic rings. The molecule has 0 heterocycles. The van der Waals surface area contributed by atoms with E-state index in [1.807, 2.05) is 6.07 Å². The number of nitro benzene ring substituents is 1. The number of benzene rings is 3. The van der Waals surface area contributed by atoms with Gasteiger partial charge in [-0.05, 0) is 79.4 Å². The van der Waals surface area contributed by atoms with E-state index in [1.54, 1.807) is 24.3 Å². The summed E-state index contributed by atoms with van der Waals surface area (Å²) in [7, 11) is 0. The molecule has 0 atom stereocenters. The van der Waals surface area contributed by atoms with Crippen molar-refractivity contribution in [3.63, 3.8) is 0 Å². The molecule has 0 aliphatic rings. The van der Waals surface area contributed by atoms with Crippen LogP contribution in [0.1, 0.15) is 21.5 Å². The quantitative estimate of drug-likeness (QED) is 0.141. The van der Waals surface area contributed by atoms with Gasteiger partial charge in [-0.3, -0.25) is 14.9 Å². The van der Waals surface area contributed by atoms with Crippen LogP contribution in [0.25, 0.3) is 6.08 Å². The number of non-ortho nitro benzene ring substituents is 1. The summed E-state index contributed by atoms with van der Waals surface area (Å²) in [4.78, 5) is 34.1. The highest BCUT2D eigenvalue weighted by atomic mass is 79.9. The number of nitro groups is 1. The van der Waals surface area contributed by atoms with Crippen LogP contribution in [0, 0.1) is 21.4 Å². The van der Waals surface area contributed by atoms with E-state index in [0.717, 1.165) is 0 Å². The fourth-order valence-corrected chi connectivity index (χ4v) is 4.41. The number of aromatic carboxylic acids is 1. The topological polar surface area (TPSA) is 143 Å². The maximum Gasteiger partial charge on any atom is 0.335 e. The van der Waals surface area contributed by atoms with Gasteiger partial charge in [0.2, 0.25) is 0 Å². The Morgan fingerprint density at radius 3 is 2.43 bits per heavy atom. The third kappa shape index (κ3) is 6.75. The van der Waals surface area contributed by atoms with Crippen molar-refractivity contribution in [2.24, 2.45) is 0 Å². The maximum absolute atomic E-state index is 12.6. The van der Waals surface area contributed by atoms with Gasteiger partial charge in [-0.1, -0.05) is 18.2 Å². The van der Waals surface area contributed by atoms with Crippen LogP contribution in [0.4, 0.5) is 11.4 Å². The smallest absolute Gasteiger partial charge is 0.335 e. The monoisotopic (exact) mass is 599 g/mol. The van der Waals surface area contributed by atoms with Crippen molar-refractivity contribution in [3.05, 3.63) is 102 Å². The molecule has 35 heavy (non-hydrogen) atoms. The highest BCUT2D eigenvalue weighted by molar-refractivity contribution is 9.11. The summed E-state index contributed by atoms with van der Waals surface area (Å²) in [5.41, 5.74) is 1.12. The lowest BCUT2D eigenvalue weighted by atomic mass is 10.1. The summed E-state index contributed by atoms with van der Waals surface area (Å²) in [6.07, 6.45) is 1.37.